The fraction of sp³-hybridized carbons (Fsp3) is 0.500. The molecule has 0 aromatic heterocycles. The molecule has 1 aromatic carbocycles. The Balaban J connectivity index is 2.14. The number of hydrogen-bond acceptors (Lipinski definition) is 5. The summed E-state index contributed by atoms with van der Waals surface area (Å²) in [5.41, 5.74) is 0.197. The van der Waals surface area contributed by atoms with Crippen LogP contribution in [-0.4, -0.2) is 43.7 Å². The van der Waals surface area contributed by atoms with Gasteiger partial charge >= 0.3 is 0 Å². The quantitative estimate of drug-likeness (QED) is 0.773. The molecule has 0 spiro atoms. The molecule has 0 radical (unpaired) electrons. The van der Waals surface area contributed by atoms with Crippen LogP contribution in [-0.2, 0) is 14.8 Å². The fourth-order valence-electron chi connectivity index (χ4n) is 2.58. The summed E-state index contributed by atoms with van der Waals surface area (Å²) < 4.78 is 26.2. The SMILES string of the molecule is CC(C)[C@H](NC(=O)c1ccc(S(=O)(=O)N2CCCC2)cc1)C(=O)[O-]. The first kappa shape index (κ1) is 18.4. The van der Waals surface area contributed by atoms with Gasteiger partial charge in [0.05, 0.1) is 16.9 Å². The number of nitrogens with one attached hydrogen (secondary N) is 1. The predicted molar refractivity (Wildman–Crippen MR) is 85.5 cm³/mol. The number of amides is 1. The maximum Gasteiger partial charge on any atom is 0.251 e. The fourth-order valence-corrected chi connectivity index (χ4v) is 4.10. The molecule has 0 saturated carbocycles. The normalized spacial score (nSPS) is 17.0. The van der Waals surface area contributed by atoms with E-state index in [1.807, 2.05) is 0 Å². The molecule has 0 aliphatic carbocycles. The topological polar surface area (TPSA) is 107 Å². The van der Waals surface area contributed by atoms with E-state index in [0.717, 1.165) is 12.8 Å². The average molecular weight is 353 g/mol. The van der Waals surface area contributed by atoms with Crippen molar-refractivity contribution in [2.45, 2.75) is 37.6 Å². The Kier molecular flexibility index (Phi) is 5.61. The van der Waals surface area contributed by atoms with E-state index in [2.05, 4.69) is 5.32 Å². The molecule has 1 saturated heterocycles. The number of carboxylic acid groups (broad SMARTS) is 1. The zero-order valence-corrected chi connectivity index (χ0v) is 14.5. The van der Waals surface area contributed by atoms with E-state index in [0.29, 0.717) is 13.1 Å². The van der Waals surface area contributed by atoms with Gasteiger partial charge in [-0.15, -0.1) is 0 Å². The first-order chi connectivity index (χ1) is 11.2. The Morgan fingerprint density at radius 1 is 1.12 bits per heavy atom. The van der Waals surface area contributed by atoms with E-state index < -0.39 is 27.9 Å². The van der Waals surface area contributed by atoms with Crippen LogP contribution in [0.1, 0.15) is 37.0 Å². The largest absolute Gasteiger partial charge is 0.548 e. The second-order valence-corrected chi connectivity index (χ2v) is 8.09. The lowest BCUT2D eigenvalue weighted by Gasteiger charge is -2.23. The zero-order chi connectivity index (χ0) is 17.9. The lowest BCUT2D eigenvalue weighted by Crippen LogP contribution is -2.50. The van der Waals surface area contributed by atoms with Crippen molar-refractivity contribution in [2.24, 2.45) is 5.92 Å². The van der Waals surface area contributed by atoms with Gasteiger partial charge in [-0.3, -0.25) is 4.79 Å². The molecular weight excluding hydrogens is 332 g/mol. The van der Waals surface area contributed by atoms with E-state index in [9.17, 15) is 23.1 Å². The molecule has 1 heterocycles. The van der Waals surface area contributed by atoms with Crippen LogP contribution < -0.4 is 10.4 Å². The summed E-state index contributed by atoms with van der Waals surface area (Å²) in [6, 6.07) is 4.39. The molecule has 0 bridgehead atoms. The molecule has 24 heavy (non-hydrogen) atoms. The van der Waals surface area contributed by atoms with Crippen molar-refractivity contribution in [3.05, 3.63) is 29.8 Å². The second kappa shape index (κ2) is 7.31. The van der Waals surface area contributed by atoms with Gasteiger partial charge in [0.15, 0.2) is 0 Å². The first-order valence-corrected chi connectivity index (χ1v) is 9.29. The van der Waals surface area contributed by atoms with Gasteiger partial charge in [-0.25, -0.2) is 8.42 Å². The van der Waals surface area contributed by atoms with Gasteiger partial charge in [0.2, 0.25) is 10.0 Å². The monoisotopic (exact) mass is 353 g/mol. The maximum atomic E-state index is 12.4. The lowest BCUT2D eigenvalue weighted by atomic mass is 10.0. The van der Waals surface area contributed by atoms with E-state index in [4.69, 9.17) is 0 Å². The Hall–Kier alpha value is -1.93. The minimum Gasteiger partial charge on any atom is -0.548 e. The number of carbonyl (C=O) groups excluding carboxylic acids is 2. The van der Waals surface area contributed by atoms with Gasteiger partial charge in [-0.2, -0.15) is 4.31 Å². The molecule has 0 unspecified atom stereocenters. The molecule has 1 aromatic rings. The molecular formula is C16H21N2O5S-. The van der Waals surface area contributed by atoms with Crippen LogP contribution in [0.5, 0.6) is 0 Å². The smallest absolute Gasteiger partial charge is 0.251 e. The summed E-state index contributed by atoms with van der Waals surface area (Å²) in [4.78, 5) is 23.3. The summed E-state index contributed by atoms with van der Waals surface area (Å²) in [6.45, 7) is 4.33. The van der Waals surface area contributed by atoms with Crippen LogP contribution in [0.2, 0.25) is 0 Å². The highest BCUT2D eigenvalue weighted by atomic mass is 32.2. The molecule has 1 aliphatic rings. The summed E-state index contributed by atoms with van der Waals surface area (Å²) in [5, 5.41) is 13.4. The molecule has 1 amide bonds. The number of benzene rings is 1. The van der Waals surface area contributed by atoms with Gasteiger partial charge in [0, 0.05) is 18.7 Å². The Morgan fingerprint density at radius 3 is 2.12 bits per heavy atom. The van der Waals surface area contributed by atoms with E-state index in [-0.39, 0.29) is 16.4 Å². The summed E-state index contributed by atoms with van der Waals surface area (Å²) in [5.74, 6) is -2.26. The van der Waals surface area contributed by atoms with Crippen molar-refractivity contribution in [1.29, 1.82) is 0 Å². The molecule has 1 N–H and O–H groups in total. The van der Waals surface area contributed by atoms with Gasteiger partial charge in [0.1, 0.15) is 0 Å². The second-order valence-electron chi connectivity index (χ2n) is 6.15. The number of hydrogen-bond donors (Lipinski definition) is 1. The van der Waals surface area contributed by atoms with Crippen molar-refractivity contribution in [3.8, 4) is 0 Å². The minimum absolute atomic E-state index is 0.126. The summed E-state index contributed by atoms with van der Waals surface area (Å²) in [6.07, 6.45) is 1.69. The Labute approximate surface area is 141 Å². The maximum absolute atomic E-state index is 12.4. The van der Waals surface area contributed by atoms with Gasteiger partial charge in [0.25, 0.3) is 5.91 Å². The van der Waals surface area contributed by atoms with Crippen LogP contribution in [0.3, 0.4) is 0 Å². The van der Waals surface area contributed by atoms with Crippen molar-refractivity contribution < 1.29 is 23.1 Å². The highest BCUT2D eigenvalue weighted by molar-refractivity contribution is 7.89. The number of carboxylic acids is 1. The molecule has 132 valence electrons. The van der Waals surface area contributed by atoms with Crippen LogP contribution in [0, 0.1) is 5.92 Å². The molecule has 7 nitrogen and oxygen atoms in total. The Morgan fingerprint density at radius 2 is 1.67 bits per heavy atom. The third-order valence-electron chi connectivity index (χ3n) is 4.03. The number of carbonyl (C=O) groups is 2. The molecule has 1 atom stereocenters. The lowest BCUT2D eigenvalue weighted by molar-refractivity contribution is -0.309. The van der Waals surface area contributed by atoms with Gasteiger partial charge in [-0.05, 0) is 43.0 Å². The summed E-state index contributed by atoms with van der Waals surface area (Å²) in [7, 11) is -3.53. The van der Waals surface area contributed by atoms with Gasteiger partial charge in [-0.1, -0.05) is 13.8 Å². The minimum atomic E-state index is -3.53. The van der Waals surface area contributed by atoms with E-state index >= 15 is 0 Å². The van der Waals surface area contributed by atoms with Crippen molar-refractivity contribution in [1.82, 2.24) is 9.62 Å². The van der Waals surface area contributed by atoms with E-state index in [1.165, 1.54) is 28.6 Å². The predicted octanol–water partition coefficient (Wildman–Crippen LogP) is -0.0246. The number of aliphatic carboxylic acids is 1. The molecule has 8 heteroatoms. The van der Waals surface area contributed by atoms with Crippen LogP contribution in [0.25, 0.3) is 0 Å². The number of rotatable bonds is 6. The highest BCUT2D eigenvalue weighted by Gasteiger charge is 2.27. The summed E-state index contributed by atoms with van der Waals surface area (Å²) >= 11 is 0. The highest BCUT2D eigenvalue weighted by Crippen LogP contribution is 2.21. The van der Waals surface area contributed by atoms with Crippen LogP contribution in [0.15, 0.2) is 29.2 Å². The molecule has 1 fully saturated rings. The van der Waals surface area contributed by atoms with Crippen molar-refractivity contribution in [2.75, 3.05) is 13.1 Å². The molecule has 1 aliphatic heterocycles. The average Bonchev–Trinajstić information content (AvgIpc) is 3.07. The number of sulfonamides is 1. The van der Waals surface area contributed by atoms with Gasteiger partial charge < -0.3 is 15.2 Å². The van der Waals surface area contributed by atoms with Crippen LogP contribution >= 0.6 is 0 Å². The Bertz CT molecular complexity index is 706. The number of nitrogens with zero attached hydrogens (tertiary/aromatic N) is 1. The van der Waals surface area contributed by atoms with E-state index in [1.54, 1.807) is 13.8 Å². The standard InChI is InChI=1S/C16H22N2O5S/c1-11(2)14(16(20)21)17-15(19)12-5-7-13(8-6-12)24(22,23)18-9-3-4-10-18/h5-8,11,14H,3-4,9-10H2,1-2H3,(H,17,19)(H,20,21)/p-1/t14-/m0/s1. The zero-order valence-electron chi connectivity index (χ0n) is 13.7. The third-order valence-corrected chi connectivity index (χ3v) is 5.94. The van der Waals surface area contributed by atoms with Crippen LogP contribution in [0.4, 0.5) is 0 Å². The van der Waals surface area contributed by atoms with Crippen molar-refractivity contribution in [3.63, 3.8) is 0 Å². The first-order valence-electron chi connectivity index (χ1n) is 7.85. The van der Waals surface area contributed by atoms with Crippen molar-refractivity contribution >= 4 is 21.9 Å². The third kappa shape index (κ3) is 3.93. The molecule has 2 rings (SSSR count).